The topological polar surface area (TPSA) is 84.5 Å². The molecule has 6 heteroatoms. The predicted molar refractivity (Wildman–Crippen MR) is 119 cm³/mol. The highest BCUT2D eigenvalue weighted by atomic mass is 16.5. The number of carbonyl (C=O) groups excluding carboxylic acids is 3. The number of nitrogens with one attached hydrogen (secondary N) is 2. The number of anilines is 1. The standard InChI is InChI=1S/C25H24N2O4/c1-17-11-13-21(14-12-17)27-25(30)23(19-8-4-3-5-9-19)31-22(28)16-26-24(29)20-10-6-7-18(2)15-20/h3-15,23H,16H2,1-2H3,(H,26,29)(H,27,30)/t23-/m1/s1. The Balaban J connectivity index is 1.66. The van der Waals surface area contributed by atoms with Crippen LogP contribution in [0.25, 0.3) is 0 Å². The van der Waals surface area contributed by atoms with Crippen LogP contribution in [0.1, 0.15) is 33.2 Å². The molecule has 2 amide bonds. The van der Waals surface area contributed by atoms with Crippen LogP contribution in [0.2, 0.25) is 0 Å². The summed E-state index contributed by atoms with van der Waals surface area (Å²) < 4.78 is 5.44. The SMILES string of the molecule is Cc1ccc(NC(=O)[C@H](OC(=O)CNC(=O)c2cccc(C)c2)c2ccccc2)cc1. The monoisotopic (exact) mass is 416 g/mol. The van der Waals surface area contributed by atoms with Crippen LogP contribution in [-0.2, 0) is 14.3 Å². The maximum Gasteiger partial charge on any atom is 0.326 e. The van der Waals surface area contributed by atoms with Gasteiger partial charge in [-0.05, 0) is 38.1 Å². The highest BCUT2D eigenvalue weighted by molar-refractivity contribution is 5.98. The lowest BCUT2D eigenvalue weighted by Crippen LogP contribution is -2.33. The summed E-state index contributed by atoms with van der Waals surface area (Å²) in [4.78, 5) is 37.5. The molecule has 0 radical (unpaired) electrons. The third kappa shape index (κ3) is 6.27. The molecule has 0 aliphatic rings. The molecule has 6 nitrogen and oxygen atoms in total. The minimum absolute atomic E-state index is 0.353. The Hall–Kier alpha value is -3.93. The molecule has 3 aromatic carbocycles. The van der Waals surface area contributed by atoms with Crippen LogP contribution in [0.15, 0.2) is 78.9 Å². The zero-order chi connectivity index (χ0) is 22.2. The van der Waals surface area contributed by atoms with Gasteiger partial charge in [0, 0.05) is 16.8 Å². The fourth-order valence-electron chi connectivity index (χ4n) is 2.96. The van der Waals surface area contributed by atoms with Crippen LogP contribution in [-0.4, -0.2) is 24.3 Å². The van der Waals surface area contributed by atoms with Gasteiger partial charge in [0.15, 0.2) is 0 Å². The van der Waals surface area contributed by atoms with Crippen LogP contribution in [0.3, 0.4) is 0 Å². The summed E-state index contributed by atoms with van der Waals surface area (Å²) in [6, 6.07) is 23.1. The molecular weight excluding hydrogens is 392 g/mol. The van der Waals surface area contributed by atoms with Crippen molar-refractivity contribution in [2.75, 3.05) is 11.9 Å². The number of ether oxygens (including phenoxy) is 1. The van der Waals surface area contributed by atoms with Crippen molar-refractivity contribution < 1.29 is 19.1 Å². The maximum absolute atomic E-state index is 12.9. The summed E-state index contributed by atoms with van der Waals surface area (Å²) in [5.74, 6) is -1.58. The summed E-state index contributed by atoms with van der Waals surface area (Å²) in [5, 5.41) is 5.30. The van der Waals surface area contributed by atoms with E-state index in [-0.39, 0.29) is 12.5 Å². The molecular formula is C25H24N2O4. The fourth-order valence-corrected chi connectivity index (χ4v) is 2.96. The molecule has 0 unspecified atom stereocenters. The third-order valence-corrected chi connectivity index (χ3v) is 4.58. The Morgan fingerprint density at radius 3 is 2.23 bits per heavy atom. The summed E-state index contributed by atoms with van der Waals surface area (Å²) >= 11 is 0. The number of rotatable bonds is 7. The van der Waals surface area contributed by atoms with Crippen LogP contribution >= 0.6 is 0 Å². The third-order valence-electron chi connectivity index (χ3n) is 4.58. The normalized spacial score (nSPS) is 11.3. The van der Waals surface area contributed by atoms with Crippen molar-refractivity contribution in [1.82, 2.24) is 5.32 Å². The van der Waals surface area contributed by atoms with Gasteiger partial charge in [0.25, 0.3) is 11.8 Å². The molecule has 0 saturated carbocycles. The van der Waals surface area contributed by atoms with Crippen LogP contribution < -0.4 is 10.6 Å². The Kier molecular flexibility index (Phi) is 7.17. The summed E-state index contributed by atoms with van der Waals surface area (Å²) in [7, 11) is 0. The molecule has 0 spiro atoms. The van der Waals surface area contributed by atoms with Gasteiger partial charge >= 0.3 is 5.97 Å². The molecule has 3 aromatic rings. The lowest BCUT2D eigenvalue weighted by Gasteiger charge is -2.18. The van der Waals surface area contributed by atoms with Crippen LogP contribution in [0.4, 0.5) is 5.69 Å². The Bertz CT molecular complexity index is 1060. The van der Waals surface area contributed by atoms with E-state index in [1.807, 2.05) is 38.1 Å². The zero-order valence-electron chi connectivity index (χ0n) is 17.4. The average Bonchev–Trinajstić information content (AvgIpc) is 2.78. The summed E-state index contributed by atoms with van der Waals surface area (Å²) in [6.45, 7) is 3.47. The first-order valence-electron chi connectivity index (χ1n) is 9.89. The number of amides is 2. The second-order valence-electron chi connectivity index (χ2n) is 7.19. The largest absolute Gasteiger partial charge is 0.446 e. The van der Waals surface area contributed by atoms with Gasteiger partial charge in [-0.1, -0.05) is 65.7 Å². The summed E-state index contributed by atoms with van der Waals surface area (Å²) in [6.07, 6.45) is -1.15. The Morgan fingerprint density at radius 1 is 0.839 bits per heavy atom. The van der Waals surface area contributed by atoms with Crippen molar-refractivity contribution in [2.24, 2.45) is 0 Å². The minimum Gasteiger partial charge on any atom is -0.446 e. The number of hydrogen-bond acceptors (Lipinski definition) is 4. The molecule has 31 heavy (non-hydrogen) atoms. The first-order valence-corrected chi connectivity index (χ1v) is 9.89. The predicted octanol–water partition coefficient (Wildman–Crippen LogP) is 3.96. The van der Waals surface area contributed by atoms with E-state index in [9.17, 15) is 14.4 Å². The van der Waals surface area contributed by atoms with Crippen molar-refractivity contribution in [3.8, 4) is 0 Å². The molecule has 0 aliphatic carbocycles. The number of hydrogen-bond donors (Lipinski definition) is 2. The smallest absolute Gasteiger partial charge is 0.326 e. The Morgan fingerprint density at radius 2 is 1.55 bits per heavy atom. The van der Waals surface area contributed by atoms with E-state index in [2.05, 4.69) is 10.6 Å². The number of esters is 1. The van der Waals surface area contributed by atoms with Crippen molar-refractivity contribution in [2.45, 2.75) is 20.0 Å². The van der Waals surface area contributed by atoms with E-state index in [1.54, 1.807) is 54.6 Å². The fraction of sp³-hybridized carbons (Fsp3) is 0.160. The van der Waals surface area contributed by atoms with Crippen molar-refractivity contribution >= 4 is 23.5 Å². The molecule has 0 aliphatic heterocycles. The highest BCUT2D eigenvalue weighted by Crippen LogP contribution is 2.20. The van der Waals surface area contributed by atoms with Gasteiger partial charge in [-0.3, -0.25) is 14.4 Å². The molecule has 0 heterocycles. The van der Waals surface area contributed by atoms with E-state index in [0.717, 1.165) is 11.1 Å². The van der Waals surface area contributed by atoms with E-state index in [1.165, 1.54) is 0 Å². The van der Waals surface area contributed by atoms with Gasteiger partial charge in [0.05, 0.1) is 0 Å². The molecule has 2 N–H and O–H groups in total. The molecule has 0 saturated heterocycles. The van der Waals surface area contributed by atoms with E-state index < -0.39 is 18.0 Å². The molecule has 0 aromatic heterocycles. The second kappa shape index (κ2) is 10.2. The summed E-state index contributed by atoms with van der Waals surface area (Å²) in [5.41, 5.74) is 3.58. The molecule has 0 fully saturated rings. The molecule has 3 rings (SSSR count). The van der Waals surface area contributed by atoms with Crippen molar-refractivity contribution in [1.29, 1.82) is 0 Å². The van der Waals surface area contributed by atoms with Gasteiger partial charge in [-0.2, -0.15) is 0 Å². The van der Waals surface area contributed by atoms with E-state index in [0.29, 0.717) is 16.8 Å². The van der Waals surface area contributed by atoms with Crippen LogP contribution in [0, 0.1) is 13.8 Å². The lowest BCUT2D eigenvalue weighted by atomic mass is 10.1. The quantitative estimate of drug-likeness (QED) is 0.571. The number of benzene rings is 3. The van der Waals surface area contributed by atoms with Gasteiger partial charge in [-0.15, -0.1) is 0 Å². The van der Waals surface area contributed by atoms with Gasteiger partial charge in [-0.25, -0.2) is 0 Å². The highest BCUT2D eigenvalue weighted by Gasteiger charge is 2.25. The first kappa shape index (κ1) is 21.8. The number of carbonyl (C=O) groups is 3. The van der Waals surface area contributed by atoms with Crippen molar-refractivity contribution in [3.05, 3.63) is 101 Å². The van der Waals surface area contributed by atoms with Gasteiger partial charge in [0.2, 0.25) is 6.10 Å². The maximum atomic E-state index is 12.9. The molecule has 0 bridgehead atoms. The first-order chi connectivity index (χ1) is 14.9. The van der Waals surface area contributed by atoms with E-state index >= 15 is 0 Å². The number of aryl methyl sites for hydroxylation is 2. The van der Waals surface area contributed by atoms with Crippen molar-refractivity contribution in [3.63, 3.8) is 0 Å². The van der Waals surface area contributed by atoms with Crippen LogP contribution in [0.5, 0.6) is 0 Å². The second-order valence-corrected chi connectivity index (χ2v) is 7.19. The minimum atomic E-state index is -1.15. The Labute approximate surface area is 181 Å². The molecule has 1 atom stereocenters. The molecule has 158 valence electrons. The van der Waals surface area contributed by atoms with Gasteiger partial charge in [0.1, 0.15) is 6.54 Å². The van der Waals surface area contributed by atoms with Gasteiger partial charge < -0.3 is 15.4 Å². The van der Waals surface area contributed by atoms with E-state index in [4.69, 9.17) is 4.74 Å². The zero-order valence-corrected chi connectivity index (χ0v) is 17.4. The average molecular weight is 416 g/mol. The lowest BCUT2D eigenvalue weighted by molar-refractivity contribution is -0.153.